The van der Waals surface area contributed by atoms with E-state index in [1.165, 1.54) is 12.1 Å². The Morgan fingerprint density at radius 2 is 1.19 bits per heavy atom. The lowest BCUT2D eigenvalue weighted by molar-refractivity contribution is -0.189. The molecule has 4 rings (SSSR count). The van der Waals surface area contributed by atoms with Crippen LogP contribution in [0.15, 0.2) is 66.7 Å². The molecule has 0 radical (unpaired) electrons. The molecule has 0 aliphatic rings. The van der Waals surface area contributed by atoms with E-state index in [0.29, 0.717) is 17.7 Å². The summed E-state index contributed by atoms with van der Waals surface area (Å²) >= 11 is 0. The quantitative estimate of drug-likeness (QED) is 0.151. The van der Waals surface area contributed by atoms with Gasteiger partial charge in [-0.15, -0.1) is 0 Å². The molecule has 0 saturated carbocycles. The minimum absolute atomic E-state index is 0.0978. The Morgan fingerprint density at radius 3 is 1.76 bits per heavy atom. The summed E-state index contributed by atoms with van der Waals surface area (Å²) in [7, 11) is 0. The molecule has 0 N–H and O–H groups in total. The summed E-state index contributed by atoms with van der Waals surface area (Å²) in [6, 6.07) is 12.7. The molecule has 0 atom stereocenters. The van der Waals surface area contributed by atoms with E-state index in [2.05, 4.69) is 16.6 Å². The predicted molar refractivity (Wildman–Crippen MR) is 120 cm³/mol. The number of benzene rings is 4. The zero-order valence-electron chi connectivity index (χ0n) is 18.8. The summed E-state index contributed by atoms with van der Waals surface area (Å²) < 4.78 is 116. The fourth-order valence-electron chi connectivity index (χ4n) is 3.40. The minimum Gasteiger partial charge on any atom is -0.429 e. The summed E-state index contributed by atoms with van der Waals surface area (Å²) in [4.78, 5) is 0. The number of rotatable bonds is 4. The van der Waals surface area contributed by atoms with Gasteiger partial charge in [0.15, 0.2) is 17.5 Å². The normalized spacial score (nSPS) is 11.2. The zero-order valence-corrected chi connectivity index (χ0v) is 18.8. The first-order valence-electron chi connectivity index (χ1n) is 10.5. The molecular formula is C28H14F8O. The van der Waals surface area contributed by atoms with Crippen molar-refractivity contribution < 1.29 is 39.9 Å². The van der Waals surface area contributed by atoms with Crippen LogP contribution in [0.25, 0.3) is 11.1 Å². The summed E-state index contributed by atoms with van der Waals surface area (Å²) in [6.07, 6.45) is -4.73. The van der Waals surface area contributed by atoms with Gasteiger partial charge in [-0.3, -0.25) is 0 Å². The van der Waals surface area contributed by atoms with Crippen LogP contribution in [0.5, 0.6) is 5.75 Å². The fraction of sp³-hybridized carbons (Fsp3) is 0.0714. The fourth-order valence-corrected chi connectivity index (χ4v) is 3.40. The van der Waals surface area contributed by atoms with Crippen molar-refractivity contribution in [3.63, 3.8) is 0 Å². The first-order valence-corrected chi connectivity index (χ1v) is 10.5. The van der Waals surface area contributed by atoms with Crippen LogP contribution in [0.3, 0.4) is 0 Å². The Bertz CT molecular complexity index is 1500. The largest absolute Gasteiger partial charge is 0.432 e. The maximum Gasteiger partial charge on any atom is 0.432 e. The Morgan fingerprint density at radius 1 is 0.622 bits per heavy atom. The number of hydrogen-bond donors (Lipinski definition) is 0. The highest BCUT2D eigenvalue weighted by atomic mass is 19.3. The lowest BCUT2D eigenvalue weighted by Crippen LogP contribution is -2.25. The molecule has 188 valence electrons. The molecule has 37 heavy (non-hydrogen) atoms. The molecule has 0 saturated heterocycles. The molecule has 0 aliphatic heterocycles. The third-order valence-electron chi connectivity index (χ3n) is 5.23. The van der Waals surface area contributed by atoms with E-state index in [0.717, 1.165) is 11.1 Å². The Labute approximate surface area is 205 Å². The van der Waals surface area contributed by atoms with Gasteiger partial charge in [-0.05, 0) is 42.3 Å². The second-order valence-corrected chi connectivity index (χ2v) is 7.95. The van der Waals surface area contributed by atoms with Gasteiger partial charge in [0.1, 0.15) is 28.8 Å². The lowest BCUT2D eigenvalue weighted by atomic mass is 10.0. The van der Waals surface area contributed by atoms with E-state index in [4.69, 9.17) is 0 Å². The Hall–Kier alpha value is -4.32. The molecule has 9 heteroatoms. The van der Waals surface area contributed by atoms with Crippen molar-refractivity contribution in [1.29, 1.82) is 0 Å². The van der Waals surface area contributed by atoms with Gasteiger partial charge in [0, 0.05) is 17.7 Å². The highest BCUT2D eigenvalue weighted by molar-refractivity contribution is 5.65. The van der Waals surface area contributed by atoms with E-state index >= 15 is 0 Å². The number of halogens is 8. The Balaban J connectivity index is 1.59. The smallest absolute Gasteiger partial charge is 0.429 e. The molecule has 0 fully saturated rings. The molecule has 0 heterocycles. The van der Waals surface area contributed by atoms with E-state index in [-0.39, 0.29) is 17.7 Å². The van der Waals surface area contributed by atoms with Crippen LogP contribution in [0.2, 0.25) is 0 Å². The van der Waals surface area contributed by atoms with Crippen LogP contribution in [0, 0.1) is 53.7 Å². The van der Waals surface area contributed by atoms with Crippen LogP contribution in [-0.2, 0) is 6.11 Å². The average molecular weight is 518 g/mol. The molecule has 4 aromatic rings. The molecule has 0 bridgehead atoms. The van der Waals surface area contributed by atoms with Crippen molar-refractivity contribution in [2.75, 3.05) is 0 Å². The van der Waals surface area contributed by atoms with E-state index in [9.17, 15) is 35.1 Å². The molecule has 1 nitrogen and oxygen atoms in total. The van der Waals surface area contributed by atoms with Crippen molar-refractivity contribution in [1.82, 2.24) is 0 Å². The van der Waals surface area contributed by atoms with E-state index in [1.807, 2.05) is 31.2 Å². The van der Waals surface area contributed by atoms with Gasteiger partial charge in [0.25, 0.3) is 0 Å². The van der Waals surface area contributed by atoms with Gasteiger partial charge in [0.05, 0.1) is 5.56 Å². The topological polar surface area (TPSA) is 9.23 Å². The van der Waals surface area contributed by atoms with Gasteiger partial charge in [0.2, 0.25) is 0 Å². The van der Waals surface area contributed by atoms with Crippen LogP contribution in [0.1, 0.15) is 22.3 Å². The number of aryl methyl sites for hydroxylation is 1. The SMILES string of the molecule is Cc1ccc(-c2ccc(C#Cc3cc(F)c(C(F)(F)Oc4cc(F)c(F)c(F)c4)c(F)c3)c(F)c2)cc1. The predicted octanol–water partition coefficient (Wildman–Crippen LogP) is 8.02. The van der Waals surface area contributed by atoms with Crippen LogP contribution < -0.4 is 4.74 Å². The maximum atomic E-state index is 14.5. The Kier molecular flexibility index (Phi) is 6.94. The minimum atomic E-state index is -4.73. The van der Waals surface area contributed by atoms with Crippen molar-refractivity contribution >= 4 is 0 Å². The second kappa shape index (κ2) is 9.97. The summed E-state index contributed by atoms with van der Waals surface area (Å²) in [5.74, 6) is -6.39. The lowest BCUT2D eigenvalue weighted by Gasteiger charge is -2.19. The van der Waals surface area contributed by atoms with Crippen LogP contribution >= 0.6 is 0 Å². The van der Waals surface area contributed by atoms with Gasteiger partial charge < -0.3 is 4.74 Å². The third kappa shape index (κ3) is 5.59. The van der Waals surface area contributed by atoms with Crippen molar-refractivity contribution in [2.24, 2.45) is 0 Å². The van der Waals surface area contributed by atoms with Gasteiger partial charge >= 0.3 is 6.11 Å². The molecule has 0 unspecified atom stereocenters. The zero-order chi connectivity index (χ0) is 26.9. The molecule has 0 spiro atoms. The van der Waals surface area contributed by atoms with Crippen molar-refractivity contribution in [3.05, 3.63) is 124 Å². The summed E-state index contributed by atoms with van der Waals surface area (Å²) in [5, 5.41) is 0. The maximum absolute atomic E-state index is 14.5. The first-order chi connectivity index (χ1) is 17.4. The van der Waals surface area contributed by atoms with Gasteiger partial charge in [-0.2, -0.15) is 8.78 Å². The highest BCUT2D eigenvalue weighted by Gasteiger charge is 2.41. The summed E-state index contributed by atoms with van der Waals surface area (Å²) in [5.41, 5.74) is 0.00689. The van der Waals surface area contributed by atoms with Crippen molar-refractivity contribution in [3.8, 4) is 28.7 Å². The molecule has 4 aromatic carbocycles. The second-order valence-electron chi connectivity index (χ2n) is 7.95. The highest BCUT2D eigenvalue weighted by Crippen LogP contribution is 2.36. The standard InChI is InChI=1S/C28H14F8O/c1-15-2-5-17(6-3-15)19-9-8-18(21(29)12-19)7-4-16-10-22(30)26(23(31)11-16)28(35,36)37-20-13-24(32)27(34)25(33)14-20/h2-3,5-6,8-14H,1H3. The van der Waals surface area contributed by atoms with Gasteiger partial charge in [-0.25, -0.2) is 26.3 Å². The van der Waals surface area contributed by atoms with Crippen LogP contribution in [0.4, 0.5) is 35.1 Å². The number of alkyl halides is 2. The molecule has 0 amide bonds. The number of hydrogen-bond acceptors (Lipinski definition) is 1. The summed E-state index contributed by atoms with van der Waals surface area (Å²) in [6.45, 7) is 1.91. The average Bonchev–Trinajstić information content (AvgIpc) is 2.81. The monoisotopic (exact) mass is 518 g/mol. The molecule has 0 aromatic heterocycles. The van der Waals surface area contributed by atoms with Crippen LogP contribution in [-0.4, -0.2) is 0 Å². The van der Waals surface area contributed by atoms with Crippen molar-refractivity contribution in [2.45, 2.75) is 13.0 Å². The van der Waals surface area contributed by atoms with E-state index < -0.39 is 57.9 Å². The molecule has 0 aliphatic carbocycles. The number of ether oxygens (including phenoxy) is 1. The van der Waals surface area contributed by atoms with Gasteiger partial charge in [-0.1, -0.05) is 47.7 Å². The molecular weight excluding hydrogens is 504 g/mol. The first kappa shape index (κ1) is 25.8. The third-order valence-corrected chi connectivity index (χ3v) is 5.23. The van der Waals surface area contributed by atoms with E-state index in [1.54, 1.807) is 6.07 Å².